The molecule has 0 heterocycles. The van der Waals surface area contributed by atoms with Crippen molar-refractivity contribution in [1.82, 2.24) is 0 Å². The van der Waals surface area contributed by atoms with Gasteiger partial charge in [-0.3, -0.25) is 0 Å². The van der Waals surface area contributed by atoms with Crippen LogP contribution in [0.5, 0.6) is 0 Å². The first-order chi connectivity index (χ1) is 11.4. The second-order valence-corrected chi connectivity index (χ2v) is 5.15. The van der Waals surface area contributed by atoms with Crippen LogP contribution >= 0.6 is 0 Å². The molecule has 1 N–H and O–H groups in total. The Hall–Kier alpha value is -3.13. The molecule has 23 heavy (non-hydrogen) atoms. The molecule has 3 aromatic rings. The van der Waals surface area contributed by atoms with Crippen LogP contribution in [0.15, 0.2) is 96.2 Å². The average molecular weight is 299 g/mol. The SMILES string of the molecule is ON=C(C(=Cc1ccccc1)c1ccccc1)c1ccccc1. The predicted molar refractivity (Wildman–Crippen MR) is 95.5 cm³/mol. The van der Waals surface area contributed by atoms with Crippen molar-refractivity contribution in [1.29, 1.82) is 0 Å². The quantitative estimate of drug-likeness (QED) is 0.309. The van der Waals surface area contributed by atoms with Gasteiger partial charge in [-0.15, -0.1) is 0 Å². The van der Waals surface area contributed by atoms with Gasteiger partial charge in [0.05, 0.1) is 0 Å². The van der Waals surface area contributed by atoms with Gasteiger partial charge in [-0.05, 0) is 17.2 Å². The molecule has 3 rings (SSSR count). The maximum absolute atomic E-state index is 9.64. The van der Waals surface area contributed by atoms with Gasteiger partial charge < -0.3 is 5.21 Å². The predicted octanol–water partition coefficient (Wildman–Crippen LogP) is 5.11. The molecule has 0 amide bonds. The normalized spacial score (nSPS) is 12.2. The van der Waals surface area contributed by atoms with Crippen molar-refractivity contribution < 1.29 is 5.21 Å². The van der Waals surface area contributed by atoms with Gasteiger partial charge in [0, 0.05) is 11.1 Å². The van der Waals surface area contributed by atoms with Crippen molar-refractivity contribution in [2.24, 2.45) is 5.16 Å². The van der Waals surface area contributed by atoms with E-state index in [-0.39, 0.29) is 0 Å². The second-order valence-electron chi connectivity index (χ2n) is 5.15. The molecule has 0 aliphatic heterocycles. The van der Waals surface area contributed by atoms with Gasteiger partial charge in [0.1, 0.15) is 5.71 Å². The lowest BCUT2D eigenvalue weighted by molar-refractivity contribution is 0.320. The van der Waals surface area contributed by atoms with Crippen molar-refractivity contribution in [3.05, 3.63) is 108 Å². The van der Waals surface area contributed by atoms with Crippen LogP contribution in [-0.4, -0.2) is 10.9 Å². The molecule has 0 atom stereocenters. The number of nitrogens with zero attached hydrogens (tertiary/aromatic N) is 1. The lowest BCUT2D eigenvalue weighted by Crippen LogP contribution is -2.04. The lowest BCUT2D eigenvalue weighted by Gasteiger charge is -2.11. The van der Waals surface area contributed by atoms with Gasteiger partial charge in [-0.2, -0.15) is 0 Å². The number of hydrogen-bond donors (Lipinski definition) is 1. The summed E-state index contributed by atoms with van der Waals surface area (Å²) in [7, 11) is 0. The maximum Gasteiger partial charge on any atom is 0.117 e. The van der Waals surface area contributed by atoms with E-state index in [2.05, 4.69) is 5.16 Å². The molecule has 0 saturated heterocycles. The highest BCUT2D eigenvalue weighted by Gasteiger charge is 2.13. The minimum absolute atomic E-state index is 0.556. The Morgan fingerprint density at radius 3 is 1.65 bits per heavy atom. The Morgan fingerprint density at radius 1 is 0.652 bits per heavy atom. The summed E-state index contributed by atoms with van der Waals surface area (Å²) in [6.45, 7) is 0. The Labute approximate surface area is 136 Å². The maximum atomic E-state index is 9.64. The lowest BCUT2D eigenvalue weighted by atomic mass is 9.94. The van der Waals surface area contributed by atoms with E-state index in [0.29, 0.717) is 5.71 Å². The standard InChI is InChI=1S/C21H17NO/c23-22-21(19-14-8-3-9-15-19)20(18-12-6-2-7-13-18)16-17-10-4-1-5-11-17/h1-16,23H. The van der Waals surface area contributed by atoms with E-state index in [0.717, 1.165) is 22.3 Å². The van der Waals surface area contributed by atoms with E-state index in [9.17, 15) is 5.21 Å². The zero-order chi connectivity index (χ0) is 15.9. The average Bonchev–Trinajstić information content (AvgIpc) is 2.64. The van der Waals surface area contributed by atoms with E-state index < -0.39 is 0 Å². The van der Waals surface area contributed by atoms with E-state index in [1.54, 1.807) is 0 Å². The van der Waals surface area contributed by atoms with Crippen LogP contribution in [0.1, 0.15) is 16.7 Å². The van der Waals surface area contributed by atoms with Crippen molar-refractivity contribution in [3.63, 3.8) is 0 Å². The minimum Gasteiger partial charge on any atom is -0.410 e. The van der Waals surface area contributed by atoms with Gasteiger partial charge in [-0.1, -0.05) is 96.2 Å². The topological polar surface area (TPSA) is 32.6 Å². The van der Waals surface area contributed by atoms with Crippen LogP contribution in [-0.2, 0) is 0 Å². The molecule has 2 heteroatoms. The summed E-state index contributed by atoms with van der Waals surface area (Å²) >= 11 is 0. The Balaban J connectivity index is 2.14. The third kappa shape index (κ3) is 3.55. The van der Waals surface area contributed by atoms with Crippen LogP contribution in [0.25, 0.3) is 11.6 Å². The Morgan fingerprint density at radius 2 is 1.13 bits per heavy atom. The largest absolute Gasteiger partial charge is 0.410 e. The zero-order valence-electron chi connectivity index (χ0n) is 12.6. The summed E-state index contributed by atoms with van der Waals surface area (Å²) in [5.41, 5.74) is 4.38. The van der Waals surface area contributed by atoms with Crippen molar-refractivity contribution in [3.8, 4) is 0 Å². The molecular weight excluding hydrogens is 282 g/mol. The van der Waals surface area contributed by atoms with E-state index in [1.807, 2.05) is 97.1 Å². The number of benzene rings is 3. The molecule has 0 aliphatic carbocycles. The van der Waals surface area contributed by atoms with Gasteiger partial charge in [-0.25, -0.2) is 0 Å². The number of rotatable bonds is 4. The summed E-state index contributed by atoms with van der Waals surface area (Å²) in [5, 5.41) is 13.2. The summed E-state index contributed by atoms with van der Waals surface area (Å²) < 4.78 is 0. The van der Waals surface area contributed by atoms with Crippen LogP contribution < -0.4 is 0 Å². The van der Waals surface area contributed by atoms with Gasteiger partial charge in [0.15, 0.2) is 0 Å². The first kappa shape index (κ1) is 14.8. The molecule has 0 aliphatic rings. The zero-order valence-corrected chi connectivity index (χ0v) is 12.6. The fraction of sp³-hybridized carbons (Fsp3) is 0. The molecule has 112 valence electrons. The molecule has 0 spiro atoms. The monoisotopic (exact) mass is 299 g/mol. The van der Waals surface area contributed by atoms with Crippen LogP contribution in [0.3, 0.4) is 0 Å². The Kier molecular flexibility index (Phi) is 4.65. The molecular formula is C21H17NO. The number of hydrogen-bond acceptors (Lipinski definition) is 2. The smallest absolute Gasteiger partial charge is 0.117 e. The molecule has 0 bridgehead atoms. The third-order valence-electron chi connectivity index (χ3n) is 3.60. The summed E-state index contributed by atoms with van der Waals surface area (Å²) in [6.07, 6.45) is 2.04. The first-order valence-electron chi connectivity index (χ1n) is 7.48. The highest BCUT2D eigenvalue weighted by atomic mass is 16.4. The fourth-order valence-corrected chi connectivity index (χ4v) is 2.49. The van der Waals surface area contributed by atoms with E-state index in [4.69, 9.17) is 0 Å². The van der Waals surface area contributed by atoms with Crippen molar-refractivity contribution in [2.45, 2.75) is 0 Å². The molecule has 0 fully saturated rings. The van der Waals surface area contributed by atoms with Crippen LogP contribution in [0.4, 0.5) is 0 Å². The molecule has 0 aromatic heterocycles. The molecule has 3 aromatic carbocycles. The fourth-order valence-electron chi connectivity index (χ4n) is 2.49. The van der Waals surface area contributed by atoms with Gasteiger partial charge in [0.25, 0.3) is 0 Å². The van der Waals surface area contributed by atoms with E-state index in [1.165, 1.54) is 0 Å². The highest BCUT2D eigenvalue weighted by molar-refractivity contribution is 6.34. The van der Waals surface area contributed by atoms with Crippen molar-refractivity contribution in [2.75, 3.05) is 0 Å². The van der Waals surface area contributed by atoms with E-state index >= 15 is 0 Å². The highest BCUT2D eigenvalue weighted by Crippen LogP contribution is 2.23. The Bertz CT molecular complexity index is 806. The number of allylic oxidation sites excluding steroid dienone is 1. The molecule has 2 nitrogen and oxygen atoms in total. The molecule has 0 saturated carbocycles. The summed E-state index contributed by atoms with van der Waals surface area (Å²) in [4.78, 5) is 0. The first-order valence-corrected chi connectivity index (χ1v) is 7.48. The molecule has 0 radical (unpaired) electrons. The van der Waals surface area contributed by atoms with Crippen molar-refractivity contribution >= 4 is 17.4 Å². The molecule has 0 unspecified atom stereocenters. The van der Waals surface area contributed by atoms with Gasteiger partial charge >= 0.3 is 0 Å². The third-order valence-corrected chi connectivity index (χ3v) is 3.60. The van der Waals surface area contributed by atoms with Crippen LogP contribution in [0.2, 0.25) is 0 Å². The summed E-state index contributed by atoms with van der Waals surface area (Å²) in [5.74, 6) is 0. The number of oxime groups is 1. The second kappa shape index (κ2) is 7.23. The van der Waals surface area contributed by atoms with Crippen LogP contribution in [0, 0.1) is 0 Å². The van der Waals surface area contributed by atoms with Gasteiger partial charge in [0.2, 0.25) is 0 Å². The summed E-state index contributed by atoms with van der Waals surface area (Å²) in [6, 6.07) is 29.7. The minimum atomic E-state index is 0.556.